The Kier molecular flexibility index (Phi) is 11.6. The Morgan fingerprint density at radius 1 is 1.03 bits per heavy atom. The van der Waals surface area contributed by atoms with Crippen molar-refractivity contribution in [3.8, 4) is 6.07 Å². The van der Waals surface area contributed by atoms with Crippen LogP contribution in [0.4, 0.5) is 10.1 Å². The highest BCUT2D eigenvalue weighted by Gasteiger charge is 2.15. The lowest BCUT2D eigenvalue weighted by Gasteiger charge is -2.18. The van der Waals surface area contributed by atoms with Crippen LogP contribution in [0, 0.1) is 17.1 Å². The Morgan fingerprint density at radius 3 is 2.45 bits per heavy atom. The summed E-state index contributed by atoms with van der Waals surface area (Å²) in [6, 6.07) is 14.8. The summed E-state index contributed by atoms with van der Waals surface area (Å²) in [7, 11) is 0. The molecule has 6 heteroatoms. The first-order valence-corrected chi connectivity index (χ1v) is 11.1. The minimum atomic E-state index is -0.630. The maximum Gasteiger partial charge on any atom is 0.147 e. The Hall–Kier alpha value is -2.46. The topological polar surface area (TPSA) is 91.3 Å². The van der Waals surface area contributed by atoms with Gasteiger partial charge in [-0.3, -0.25) is 0 Å². The molecule has 168 valence electrons. The van der Waals surface area contributed by atoms with Crippen molar-refractivity contribution in [3.05, 3.63) is 65.0 Å². The van der Waals surface area contributed by atoms with Gasteiger partial charge in [0.05, 0.1) is 23.9 Å². The molecule has 5 nitrogen and oxygen atoms in total. The Bertz CT molecular complexity index is 808. The van der Waals surface area contributed by atoms with Crippen LogP contribution in [0.5, 0.6) is 0 Å². The summed E-state index contributed by atoms with van der Waals surface area (Å²) >= 11 is 0. The Labute approximate surface area is 185 Å². The van der Waals surface area contributed by atoms with E-state index in [0.717, 1.165) is 58.2 Å². The van der Waals surface area contributed by atoms with Gasteiger partial charge in [0.15, 0.2) is 0 Å². The molecule has 0 spiro atoms. The number of ether oxygens (including phenoxy) is 1. The number of nitriles is 1. The fraction of sp³-hybridized carbons (Fsp3) is 0.480. The second-order valence-corrected chi connectivity index (χ2v) is 7.73. The average molecular weight is 428 g/mol. The van der Waals surface area contributed by atoms with Crippen LogP contribution in [0.1, 0.15) is 61.3 Å². The molecule has 0 fully saturated rings. The zero-order valence-electron chi connectivity index (χ0n) is 18.2. The summed E-state index contributed by atoms with van der Waals surface area (Å²) in [5.74, 6) is -0.630. The summed E-state index contributed by atoms with van der Waals surface area (Å²) in [5.41, 5.74) is 7.41. The van der Waals surface area contributed by atoms with Crippen LogP contribution < -0.4 is 11.1 Å². The van der Waals surface area contributed by atoms with E-state index in [4.69, 9.17) is 15.7 Å². The average Bonchev–Trinajstić information content (AvgIpc) is 2.79. The van der Waals surface area contributed by atoms with Gasteiger partial charge in [-0.05, 0) is 61.9 Å². The summed E-state index contributed by atoms with van der Waals surface area (Å²) in [4.78, 5) is 0. The molecule has 0 saturated carbocycles. The van der Waals surface area contributed by atoms with E-state index in [9.17, 15) is 9.50 Å². The van der Waals surface area contributed by atoms with Crippen molar-refractivity contribution in [2.75, 3.05) is 32.1 Å². The van der Waals surface area contributed by atoms with Crippen LogP contribution in [0.2, 0.25) is 0 Å². The molecule has 4 N–H and O–H groups in total. The SMILES string of the molecule is N#Cc1cc(C(CO)NCCCCCCOCCCCc2ccccc2)cc(F)c1N. The lowest BCUT2D eigenvalue weighted by molar-refractivity contribution is 0.126. The number of anilines is 1. The highest BCUT2D eigenvalue weighted by molar-refractivity contribution is 5.56. The molecular weight excluding hydrogens is 393 g/mol. The Balaban J connectivity index is 1.50. The molecule has 0 aliphatic carbocycles. The minimum absolute atomic E-state index is 0.0929. The van der Waals surface area contributed by atoms with E-state index < -0.39 is 11.9 Å². The smallest absolute Gasteiger partial charge is 0.147 e. The van der Waals surface area contributed by atoms with Crippen molar-refractivity contribution in [1.82, 2.24) is 5.32 Å². The number of halogens is 1. The van der Waals surface area contributed by atoms with Gasteiger partial charge in [0.1, 0.15) is 11.9 Å². The van der Waals surface area contributed by atoms with Crippen LogP contribution in [0.25, 0.3) is 0 Å². The maximum absolute atomic E-state index is 13.9. The van der Waals surface area contributed by atoms with Crippen LogP contribution in [0.15, 0.2) is 42.5 Å². The van der Waals surface area contributed by atoms with Crippen molar-refractivity contribution < 1.29 is 14.2 Å². The predicted molar refractivity (Wildman–Crippen MR) is 122 cm³/mol. The third-order valence-corrected chi connectivity index (χ3v) is 5.31. The van der Waals surface area contributed by atoms with E-state index >= 15 is 0 Å². The van der Waals surface area contributed by atoms with Gasteiger partial charge < -0.3 is 20.9 Å². The molecule has 1 unspecified atom stereocenters. The molecule has 0 aliphatic heterocycles. The standard InChI is InChI=1S/C25H34FN3O2/c26-23-17-21(16-22(18-27)25(23)28)24(19-30)29-13-7-1-2-8-14-31-15-9-6-12-20-10-4-3-5-11-20/h3-5,10-11,16-17,24,29-30H,1-2,6-9,12-15,19,28H2. The summed E-state index contributed by atoms with van der Waals surface area (Å²) in [6.07, 6.45) is 7.47. The quantitative estimate of drug-likeness (QED) is 0.287. The highest BCUT2D eigenvalue weighted by Crippen LogP contribution is 2.22. The van der Waals surface area contributed by atoms with Crippen LogP contribution in [-0.4, -0.2) is 31.5 Å². The van der Waals surface area contributed by atoms with Crippen molar-refractivity contribution in [2.45, 2.75) is 51.0 Å². The van der Waals surface area contributed by atoms with E-state index in [2.05, 4.69) is 29.6 Å². The summed E-state index contributed by atoms with van der Waals surface area (Å²) in [5, 5.41) is 21.9. The summed E-state index contributed by atoms with van der Waals surface area (Å²) < 4.78 is 19.6. The third-order valence-electron chi connectivity index (χ3n) is 5.31. The van der Waals surface area contributed by atoms with Crippen LogP contribution >= 0.6 is 0 Å². The third kappa shape index (κ3) is 9.06. The fourth-order valence-electron chi connectivity index (χ4n) is 3.46. The van der Waals surface area contributed by atoms with Crippen LogP contribution in [0.3, 0.4) is 0 Å². The number of aryl methyl sites for hydroxylation is 1. The Morgan fingerprint density at radius 2 is 1.74 bits per heavy atom. The van der Waals surface area contributed by atoms with E-state index in [-0.39, 0.29) is 17.9 Å². The second-order valence-electron chi connectivity index (χ2n) is 7.73. The summed E-state index contributed by atoms with van der Waals surface area (Å²) in [6.45, 7) is 2.14. The van der Waals surface area contributed by atoms with Gasteiger partial charge in [-0.25, -0.2) is 4.39 Å². The van der Waals surface area contributed by atoms with Gasteiger partial charge in [0.25, 0.3) is 0 Å². The first kappa shape index (κ1) is 24.8. The molecule has 31 heavy (non-hydrogen) atoms. The molecule has 0 aliphatic rings. The monoisotopic (exact) mass is 427 g/mol. The lowest BCUT2D eigenvalue weighted by atomic mass is 10.0. The number of hydrogen-bond acceptors (Lipinski definition) is 5. The van der Waals surface area contributed by atoms with Gasteiger partial charge in [-0.2, -0.15) is 5.26 Å². The number of nitrogens with zero attached hydrogens (tertiary/aromatic N) is 1. The van der Waals surface area contributed by atoms with Gasteiger partial charge in [0.2, 0.25) is 0 Å². The molecule has 0 saturated heterocycles. The fourth-order valence-corrected chi connectivity index (χ4v) is 3.46. The molecule has 0 amide bonds. The molecule has 0 aromatic heterocycles. The van der Waals surface area contributed by atoms with Crippen molar-refractivity contribution in [2.24, 2.45) is 0 Å². The zero-order chi connectivity index (χ0) is 22.3. The van der Waals surface area contributed by atoms with Gasteiger partial charge in [-0.15, -0.1) is 0 Å². The second kappa shape index (κ2) is 14.5. The highest BCUT2D eigenvalue weighted by atomic mass is 19.1. The molecule has 2 rings (SSSR count). The number of aliphatic hydroxyl groups is 1. The maximum atomic E-state index is 13.9. The van der Waals surface area contributed by atoms with Crippen LogP contribution in [-0.2, 0) is 11.2 Å². The van der Waals surface area contributed by atoms with Gasteiger partial charge in [-0.1, -0.05) is 43.2 Å². The number of aliphatic hydroxyl groups excluding tert-OH is 1. The first-order valence-electron chi connectivity index (χ1n) is 11.1. The number of benzene rings is 2. The number of nitrogen functional groups attached to an aromatic ring is 1. The predicted octanol–water partition coefficient (Wildman–Crippen LogP) is 4.50. The van der Waals surface area contributed by atoms with Gasteiger partial charge >= 0.3 is 0 Å². The lowest BCUT2D eigenvalue weighted by Crippen LogP contribution is -2.25. The number of unbranched alkanes of at least 4 members (excludes halogenated alkanes) is 4. The molecule has 0 heterocycles. The largest absolute Gasteiger partial charge is 0.395 e. The number of rotatable bonds is 15. The minimum Gasteiger partial charge on any atom is -0.395 e. The molecule has 0 radical (unpaired) electrons. The van der Waals surface area contributed by atoms with Gasteiger partial charge in [0, 0.05) is 13.2 Å². The van der Waals surface area contributed by atoms with E-state index in [1.165, 1.54) is 17.7 Å². The number of nitrogens with two attached hydrogens (primary N) is 1. The molecule has 1 atom stereocenters. The molecule has 2 aromatic carbocycles. The number of hydrogen-bond donors (Lipinski definition) is 3. The normalized spacial score (nSPS) is 11.9. The van der Waals surface area contributed by atoms with Crippen molar-refractivity contribution >= 4 is 5.69 Å². The molecule has 0 bridgehead atoms. The molecular formula is C25H34FN3O2. The zero-order valence-corrected chi connectivity index (χ0v) is 18.2. The van der Waals surface area contributed by atoms with E-state index in [1.807, 2.05) is 12.1 Å². The molecule has 2 aromatic rings. The van der Waals surface area contributed by atoms with Crippen molar-refractivity contribution in [3.63, 3.8) is 0 Å². The van der Waals surface area contributed by atoms with Crippen molar-refractivity contribution in [1.29, 1.82) is 5.26 Å². The van der Waals surface area contributed by atoms with E-state index in [0.29, 0.717) is 12.1 Å². The number of nitrogens with one attached hydrogen (secondary N) is 1. The van der Waals surface area contributed by atoms with E-state index in [1.54, 1.807) is 0 Å². The first-order chi connectivity index (χ1) is 15.2.